The molecule has 2 rings (SSSR count). The average Bonchev–Trinajstić information content (AvgIpc) is 2.64. The van der Waals surface area contributed by atoms with Crippen LogP contribution < -0.4 is 10.1 Å². The normalized spacial score (nSPS) is 11.4. The van der Waals surface area contributed by atoms with E-state index >= 15 is 0 Å². The van der Waals surface area contributed by atoms with Gasteiger partial charge in [-0.25, -0.2) is 13.6 Å². The molecule has 0 radical (unpaired) electrons. The summed E-state index contributed by atoms with van der Waals surface area (Å²) in [7, 11) is 0. The van der Waals surface area contributed by atoms with Gasteiger partial charge >= 0.3 is 11.7 Å². The van der Waals surface area contributed by atoms with Crippen LogP contribution in [0.15, 0.2) is 36.4 Å². The molecule has 28 heavy (non-hydrogen) atoms. The lowest BCUT2D eigenvalue weighted by molar-refractivity contribution is -0.385. The summed E-state index contributed by atoms with van der Waals surface area (Å²) in [5.74, 6) is -4.01. The van der Waals surface area contributed by atoms with Gasteiger partial charge in [0.25, 0.3) is 5.91 Å². The number of amides is 1. The number of carbonyl (C=O) groups is 2. The van der Waals surface area contributed by atoms with E-state index in [-0.39, 0.29) is 17.9 Å². The number of anilines is 1. The van der Waals surface area contributed by atoms with E-state index < -0.39 is 45.9 Å². The quantitative estimate of drug-likeness (QED) is 0.438. The number of ether oxygens (including phenoxy) is 2. The van der Waals surface area contributed by atoms with Crippen LogP contribution in [0.1, 0.15) is 24.2 Å². The maximum atomic E-state index is 13.6. The van der Waals surface area contributed by atoms with E-state index in [2.05, 4.69) is 0 Å². The number of halogens is 2. The third kappa shape index (κ3) is 4.78. The number of nitro benzene ring substituents is 1. The molecule has 10 heteroatoms. The number of hydrogen-bond acceptors (Lipinski definition) is 6. The molecule has 1 atom stereocenters. The molecule has 148 valence electrons. The summed E-state index contributed by atoms with van der Waals surface area (Å²) in [6.45, 7) is 3.02. The van der Waals surface area contributed by atoms with Gasteiger partial charge in [-0.15, -0.1) is 0 Å². The number of nitrogens with one attached hydrogen (secondary N) is 1. The van der Waals surface area contributed by atoms with Crippen LogP contribution in [0.2, 0.25) is 0 Å². The van der Waals surface area contributed by atoms with Gasteiger partial charge in [-0.2, -0.15) is 0 Å². The number of para-hydroxylation sites is 1. The average molecular weight is 394 g/mol. The van der Waals surface area contributed by atoms with E-state index in [4.69, 9.17) is 9.47 Å². The van der Waals surface area contributed by atoms with Crippen LogP contribution in [0, 0.1) is 21.7 Å². The van der Waals surface area contributed by atoms with Crippen molar-refractivity contribution in [3.63, 3.8) is 0 Å². The van der Waals surface area contributed by atoms with Gasteiger partial charge in [-0.05, 0) is 38.1 Å². The summed E-state index contributed by atoms with van der Waals surface area (Å²) in [5, 5.41) is 13.1. The predicted octanol–water partition coefficient (Wildman–Crippen LogP) is 3.46. The minimum absolute atomic E-state index is 0.0233. The van der Waals surface area contributed by atoms with Crippen LogP contribution in [-0.2, 0) is 9.53 Å². The van der Waals surface area contributed by atoms with Crippen molar-refractivity contribution in [1.29, 1.82) is 0 Å². The van der Waals surface area contributed by atoms with Gasteiger partial charge < -0.3 is 14.8 Å². The smallest absolute Gasteiger partial charge is 0.339 e. The van der Waals surface area contributed by atoms with Crippen molar-refractivity contribution in [2.24, 2.45) is 0 Å². The van der Waals surface area contributed by atoms with Gasteiger partial charge in [0.05, 0.1) is 17.1 Å². The second-order valence-corrected chi connectivity index (χ2v) is 5.51. The van der Waals surface area contributed by atoms with Crippen molar-refractivity contribution in [2.75, 3.05) is 11.9 Å². The van der Waals surface area contributed by atoms with Crippen molar-refractivity contribution in [1.82, 2.24) is 0 Å². The first kappa shape index (κ1) is 20.7. The molecule has 0 spiro atoms. The fourth-order valence-corrected chi connectivity index (χ4v) is 2.19. The number of nitro groups is 1. The summed E-state index contributed by atoms with van der Waals surface area (Å²) in [6.07, 6.45) is -1.42. The molecule has 0 aliphatic heterocycles. The van der Waals surface area contributed by atoms with Crippen LogP contribution in [0.4, 0.5) is 20.2 Å². The van der Waals surface area contributed by atoms with Crippen LogP contribution in [0.3, 0.4) is 0 Å². The van der Waals surface area contributed by atoms with Crippen LogP contribution in [0.5, 0.6) is 5.75 Å². The highest BCUT2D eigenvalue weighted by atomic mass is 19.1. The SMILES string of the molecule is CCOc1ccc(C(=O)O[C@H](C)C(=O)Nc2c(F)cccc2F)cc1[N+](=O)[O-]. The van der Waals surface area contributed by atoms with Crippen molar-refractivity contribution in [3.8, 4) is 5.75 Å². The Kier molecular flexibility index (Phi) is 6.59. The first-order chi connectivity index (χ1) is 13.2. The zero-order valence-corrected chi connectivity index (χ0v) is 14.9. The van der Waals surface area contributed by atoms with Crippen LogP contribution in [0.25, 0.3) is 0 Å². The zero-order valence-electron chi connectivity index (χ0n) is 14.9. The van der Waals surface area contributed by atoms with E-state index in [0.717, 1.165) is 24.3 Å². The first-order valence-electron chi connectivity index (χ1n) is 8.11. The minimum Gasteiger partial charge on any atom is -0.487 e. The van der Waals surface area contributed by atoms with Crippen molar-refractivity contribution in [2.45, 2.75) is 20.0 Å². The molecule has 1 amide bonds. The molecule has 0 aliphatic rings. The van der Waals surface area contributed by atoms with Gasteiger partial charge in [0.15, 0.2) is 11.9 Å². The number of hydrogen-bond donors (Lipinski definition) is 1. The van der Waals surface area contributed by atoms with Gasteiger partial charge in [0.2, 0.25) is 0 Å². The zero-order chi connectivity index (χ0) is 20.8. The third-order valence-electron chi connectivity index (χ3n) is 3.56. The van der Waals surface area contributed by atoms with Gasteiger partial charge in [-0.3, -0.25) is 14.9 Å². The second kappa shape index (κ2) is 8.89. The number of nitrogens with zero attached hydrogens (tertiary/aromatic N) is 1. The molecule has 2 aromatic rings. The molecule has 0 unspecified atom stereocenters. The van der Waals surface area contributed by atoms with Crippen molar-refractivity contribution in [3.05, 3.63) is 63.7 Å². The van der Waals surface area contributed by atoms with E-state index in [1.807, 2.05) is 5.32 Å². The molecule has 0 bridgehead atoms. The fourth-order valence-electron chi connectivity index (χ4n) is 2.19. The second-order valence-electron chi connectivity index (χ2n) is 5.51. The molecule has 2 aromatic carbocycles. The lowest BCUT2D eigenvalue weighted by atomic mass is 10.2. The van der Waals surface area contributed by atoms with E-state index in [1.165, 1.54) is 19.1 Å². The Balaban J connectivity index is 2.12. The maximum Gasteiger partial charge on any atom is 0.339 e. The summed E-state index contributed by atoms with van der Waals surface area (Å²) in [6, 6.07) is 6.46. The Morgan fingerprint density at radius 3 is 2.43 bits per heavy atom. The molecule has 0 aliphatic carbocycles. The van der Waals surface area contributed by atoms with Crippen molar-refractivity contribution >= 4 is 23.3 Å². The van der Waals surface area contributed by atoms with Crippen LogP contribution in [-0.4, -0.2) is 29.5 Å². The Bertz CT molecular complexity index is 899. The highest BCUT2D eigenvalue weighted by molar-refractivity contribution is 5.97. The monoisotopic (exact) mass is 394 g/mol. The van der Waals surface area contributed by atoms with E-state index in [1.54, 1.807) is 6.92 Å². The fraction of sp³-hybridized carbons (Fsp3) is 0.222. The molecule has 0 saturated heterocycles. The molecule has 0 heterocycles. The van der Waals surface area contributed by atoms with Gasteiger partial charge in [0.1, 0.15) is 17.3 Å². The Morgan fingerprint density at radius 1 is 1.21 bits per heavy atom. The standard InChI is InChI=1S/C18H16F2N2O6/c1-3-27-15-8-7-11(9-14(15)22(25)26)18(24)28-10(2)17(23)21-16-12(19)5-4-6-13(16)20/h4-10H,3H2,1-2H3,(H,21,23)/t10-/m1/s1. The highest BCUT2D eigenvalue weighted by Crippen LogP contribution is 2.28. The Hall–Kier alpha value is -3.56. The Labute approximate surface area is 158 Å². The number of rotatable bonds is 7. The molecule has 0 saturated carbocycles. The number of esters is 1. The maximum absolute atomic E-state index is 13.6. The minimum atomic E-state index is -1.42. The third-order valence-corrected chi connectivity index (χ3v) is 3.56. The molecule has 0 fully saturated rings. The molecule has 8 nitrogen and oxygen atoms in total. The lowest BCUT2D eigenvalue weighted by Crippen LogP contribution is -2.30. The molecule has 0 aromatic heterocycles. The van der Waals surface area contributed by atoms with E-state index in [9.17, 15) is 28.5 Å². The summed E-state index contributed by atoms with van der Waals surface area (Å²) < 4.78 is 37.2. The molecule has 1 N–H and O–H groups in total. The highest BCUT2D eigenvalue weighted by Gasteiger charge is 2.24. The lowest BCUT2D eigenvalue weighted by Gasteiger charge is -2.14. The number of benzene rings is 2. The van der Waals surface area contributed by atoms with Crippen LogP contribution >= 0.6 is 0 Å². The first-order valence-corrected chi connectivity index (χ1v) is 8.11. The largest absolute Gasteiger partial charge is 0.487 e. The van der Waals surface area contributed by atoms with Crippen molar-refractivity contribution < 1.29 is 32.8 Å². The molecular weight excluding hydrogens is 378 g/mol. The summed E-state index contributed by atoms with van der Waals surface area (Å²) in [5.41, 5.74) is -1.30. The van der Waals surface area contributed by atoms with Gasteiger partial charge in [-0.1, -0.05) is 6.07 Å². The number of carbonyl (C=O) groups excluding carboxylic acids is 2. The predicted molar refractivity (Wildman–Crippen MR) is 94.1 cm³/mol. The summed E-state index contributed by atoms with van der Waals surface area (Å²) >= 11 is 0. The van der Waals surface area contributed by atoms with Gasteiger partial charge in [0, 0.05) is 6.07 Å². The topological polar surface area (TPSA) is 108 Å². The Morgan fingerprint density at radius 2 is 1.86 bits per heavy atom. The summed E-state index contributed by atoms with van der Waals surface area (Å²) in [4.78, 5) is 34.6. The van der Waals surface area contributed by atoms with E-state index in [0.29, 0.717) is 0 Å². The molecular formula is C18H16F2N2O6.